The first kappa shape index (κ1) is 15.3. The summed E-state index contributed by atoms with van der Waals surface area (Å²) in [6.45, 7) is 0. The lowest BCUT2D eigenvalue weighted by molar-refractivity contribution is 0.0698. The van der Waals surface area contributed by atoms with Crippen molar-refractivity contribution in [3.63, 3.8) is 0 Å². The maximum atomic E-state index is 11.3. The molecule has 1 aromatic rings. The summed E-state index contributed by atoms with van der Waals surface area (Å²) < 4.78 is 0. The van der Waals surface area contributed by atoms with Crippen LogP contribution in [-0.4, -0.2) is 45.2 Å². The summed E-state index contributed by atoms with van der Waals surface area (Å²) in [5.74, 6) is -2.78. The minimum atomic E-state index is -1.46. The van der Waals surface area contributed by atoms with E-state index in [1.165, 1.54) is 23.9 Å². The first-order valence-corrected chi connectivity index (χ1v) is 5.24. The molecule has 0 spiro atoms. The molecule has 10 nitrogen and oxygen atoms in total. The molecule has 0 saturated carbocycles. The third kappa shape index (κ3) is 2.65. The number of carbonyl (C=O) groups is 1. The van der Waals surface area contributed by atoms with Crippen molar-refractivity contribution in [3.05, 3.63) is 5.56 Å². The minimum Gasteiger partial charge on any atom is -0.504 e. The Morgan fingerprint density at radius 3 is 1.45 bits per heavy atom. The molecule has 0 aromatic heterocycles. The lowest BCUT2D eigenvalue weighted by atomic mass is 10.1. The molecule has 20 heavy (non-hydrogen) atoms. The van der Waals surface area contributed by atoms with Gasteiger partial charge in [0.1, 0.15) is 16.9 Å². The zero-order chi connectivity index (χ0) is 15.3. The molecule has 0 aliphatic rings. The smallest absolute Gasteiger partial charge is 0.340 e. The number of carboxylic acids is 1. The number of nitrogens with zero attached hydrogens (tertiary/aromatic N) is 6. The van der Waals surface area contributed by atoms with E-state index in [9.17, 15) is 20.1 Å². The summed E-state index contributed by atoms with van der Waals surface area (Å²) in [5.41, 5.74) is -1.67. The molecule has 0 atom stereocenters. The molecule has 0 aliphatic carbocycles. The summed E-state index contributed by atoms with van der Waals surface area (Å²) in [6.07, 6.45) is 0. The van der Waals surface area contributed by atoms with Crippen molar-refractivity contribution in [2.24, 2.45) is 30.4 Å². The van der Waals surface area contributed by atoms with Gasteiger partial charge < -0.3 is 15.3 Å². The van der Waals surface area contributed by atoms with Crippen LogP contribution in [0.2, 0.25) is 0 Å². The van der Waals surface area contributed by atoms with Crippen LogP contribution in [-0.2, 0) is 0 Å². The topological polar surface area (TPSA) is 152 Å². The van der Waals surface area contributed by atoms with Gasteiger partial charge >= 0.3 is 5.97 Å². The highest BCUT2D eigenvalue weighted by Gasteiger charge is 2.28. The number of carboxylic acid groups (broad SMARTS) is 1. The second kappa shape index (κ2) is 6.45. The fourth-order valence-corrected chi connectivity index (χ4v) is 1.48. The van der Waals surface area contributed by atoms with Crippen LogP contribution in [0.3, 0.4) is 0 Å². The number of rotatable bonds is 4. The summed E-state index contributed by atoms with van der Waals surface area (Å²) in [4.78, 5) is 11.3. The number of phenols is 2. The quantitative estimate of drug-likeness (QED) is 0.509. The Balaban J connectivity index is 3.94. The van der Waals surface area contributed by atoms with Crippen molar-refractivity contribution in [2.45, 2.75) is 0 Å². The Hall–Kier alpha value is -2.72. The van der Waals surface area contributed by atoms with Gasteiger partial charge in [-0.25, -0.2) is 4.79 Å². The van der Waals surface area contributed by atoms with Crippen molar-refractivity contribution in [1.82, 2.24) is 0 Å². The molecule has 1 rings (SSSR count). The van der Waals surface area contributed by atoms with Gasteiger partial charge in [-0.1, -0.05) is 0 Å². The number of hydrogen-bond donors (Lipinski definition) is 3. The van der Waals surface area contributed by atoms with E-state index in [2.05, 4.69) is 30.4 Å². The van der Waals surface area contributed by atoms with Crippen LogP contribution >= 0.6 is 0 Å². The third-order valence-electron chi connectivity index (χ3n) is 2.18. The summed E-state index contributed by atoms with van der Waals surface area (Å²) in [5, 5.41) is 49.9. The lowest BCUT2D eigenvalue weighted by Gasteiger charge is -2.11. The average Bonchev–Trinajstić information content (AvgIpc) is 2.40. The summed E-state index contributed by atoms with van der Waals surface area (Å²) >= 11 is 0. The standard InChI is InChI=1S/C7H9B3N6O4/c8-14-11-2-1(7(19)20)3(12-15-9)6(18)4(5(2)17)13-16-10/h17-18H,8-10H2,(H,19,20)/b14-11-,15-12?,16-13-. The van der Waals surface area contributed by atoms with E-state index in [-0.39, 0.29) is 17.1 Å². The third-order valence-corrected chi connectivity index (χ3v) is 2.18. The Kier molecular flexibility index (Phi) is 4.95. The SMILES string of the molecule is BN=Nc1c(O)c(/N=N\B)c(O)c(/N=N\B)c1C(=O)O. The summed E-state index contributed by atoms with van der Waals surface area (Å²) in [7, 11) is 3.89. The molecule has 0 aliphatic heterocycles. The molecule has 3 N–H and O–H groups in total. The van der Waals surface area contributed by atoms with Crippen LogP contribution in [0.15, 0.2) is 30.4 Å². The number of phenolic OH excluding ortho intramolecular Hbond substituents is 2. The van der Waals surface area contributed by atoms with E-state index in [1.54, 1.807) is 0 Å². The van der Waals surface area contributed by atoms with Crippen molar-refractivity contribution in [3.8, 4) is 11.5 Å². The van der Waals surface area contributed by atoms with Crippen molar-refractivity contribution in [2.75, 3.05) is 0 Å². The van der Waals surface area contributed by atoms with Gasteiger partial charge in [-0.05, 0) is 0 Å². The number of hydrogen-bond acceptors (Lipinski definition) is 9. The van der Waals surface area contributed by atoms with E-state index in [1.807, 2.05) is 0 Å². The van der Waals surface area contributed by atoms with Crippen LogP contribution in [0.4, 0.5) is 17.1 Å². The van der Waals surface area contributed by atoms with Gasteiger partial charge in [-0.3, -0.25) is 15.1 Å². The van der Waals surface area contributed by atoms with E-state index in [0.717, 1.165) is 0 Å². The fraction of sp³-hybridized carbons (Fsp3) is 0. The van der Waals surface area contributed by atoms with Gasteiger partial charge in [0, 0.05) is 0 Å². The molecule has 0 unspecified atom stereocenters. The predicted molar refractivity (Wildman–Crippen MR) is 75.9 cm³/mol. The van der Waals surface area contributed by atoms with Gasteiger partial charge in [0.15, 0.2) is 17.2 Å². The van der Waals surface area contributed by atoms with Crippen LogP contribution in [0.1, 0.15) is 10.4 Å². The first-order valence-electron chi connectivity index (χ1n) is 5.24. The minimum absolute atomic E-state index is 0.359. The molecule has 13 heteroatoms. The highest BCUT2D eigenvalue weighted by atomic mass is 16.4. The normalized spacial score (nSPS) is 11.8. The van der Waals surface area contributed by atoms with E-state index in [0.29, 0.717) is 0 Å². The molecule has 1 aromatic carbocycles. The average molecular weight is 274 g/mol. The highest BCUT2D eigenvalue weighted by Crippen LogP contribution is 2.52. The molecule has 0 radical (unpaired) electrons. The monoisotopic (exact) mass is 274 g/mol. The van der Waals surface area contributed by atoms with Crippen LogP contribution in [0, 0.1) is 0 Å². The van der Waals surface area contributed by atoms with Gasteiger partial charge in [-0.15, -0.1) is 0 Å². The maximum Gasteiger partial charge on any atom is 0.340 e. The zero-order valence-corrected chi connectivity index (χ0v) is 10.9. The van der Waals surface area contributed by atoms with Crippen molar-refractivity contribution in [1.29, 1.82) is 0 Å². The van der Waals surface area contributed by atoms with Crippen molar-refractivity contribution < 1.29 is 20.1 Å². The Bertz CT molecular complexity index is 592. The predicted octanol–water partition coefficient (Wildman–Crippen LogP) is -0.309. The number of aromatic hydroxyl groups is 2. The largest absolute Gasteiger partial charge is 0.504 e. The first-order chi connectivity index (χ1) is 9.49. The van der Waals surface area contributed by atoms with Gasteiger partial charge in [0.05, 0.1) is 0 Å². The molecule has 0 bridgehead atoms. The molecule has 0 heterocycles. The Morgan fingerprint density at radius 1 is 0.800 bits per heavy atom. The van der Waals surface area contributed by atoms with Gasteiger partial charge in [0.2, 0.25) is 0 Å². The zero-order valence-electron chi connectivity index (χ0n) is 10.9. The number of aromatic carboxylic acids is 1. The van der Waals surface area contributed by atoms with Crippen LogP contribution in [0.25, 0.3) is 0 Å². The second-order valence-electron chi connectivity index (χ2n) is 3.32. The molecular weight excluding hydrogens is 265 g/mol. The van der Waals surface area contributed by atoms with E-state index < -0.39 is 23.0 Å². The Labute approximate surface area is 115 Å². The highest BCUT2D eigenvalue weighted by molar-refractivity contribution is 6.08. The fourth-order valence-electron chi connectivity index (χ4n) is 1.48. The molecule has 0 saturated heterocycles. The van der Waals surface area contributed by atoms with E-state index >= 15 is 0 Å². The van der Waals surface area contributed by atoms with Gasteiger partial charge in [0.25, 0.3) is 23.9 Å². The maximum absolute atomic E-state index is 11.3. The molecule has 0 fully saturated rings. The lowest BCUT2D eigenvalue weighted by Crippen LogP contribution is -1.98. The van der Waals surface area contributed by atoms with Gasteiger partial charge in [-0.2, -0.15) is 15.3 Å². The van der Waals surface area contributed by atoms with Crippen LogP contribution < -0.4 is 0 Å². The number of benzene rings is 1. The Morgan fingerprint density at radius 2 is 1.15 bits per heavy atom. The van der Waals surface area contributed by atoms with Crippen molar-refractivity contribution >= 4 is 47.0 Å². The molecule has 0 amide bonds. The summed E-state index contributed by atoms with van der Waals surface area (Å²) in [6, 6.07) is 0. The second-order valence-corrected chi connectivity index (χ2v) is 3.32. The van der Waals surface area contributed by atoms with Crippen LogP contribution in [0.5, 0.6) is 11.5 Å². The van der Waals surface area contributed by atoms with E-state index in [4.69, 9.17) is 0 Å². The molecule has 100 valence electrons. The molecular formula is C7H9B3N6O4.